The summed E-state index contributed by atoms with van der Waals surface area (Å²) in [5.74, 6) is -0.732. The first-order chi connectivity index (χ1) is 14.9. The van der Waals surface area contributed by atoms with Crippen molar-refractivity contribution in [2.24, 2.45) is 0 Å². The Morgan fingerprint density at radius 2 is 2.03 bits per heavy atom. The van der Waals surface area contributed by atoms with Crippen LogP contribution in [0.2, 0.25) is 0 Å². The zero-order chi connectivity index (χ0) is 22.0. The maximum atomic E-state index is 13.6. The van der Waals surface area contributed by atoms with Crippen LogP contribution in [0, 0.1) is 6.92 Å². The lowest BCUT2D eigenvalue weighted by Gasteiger charge is -2.26. The van der Waals surface area contributed by atoms with Crippen molar-refractivity contribution in [2.45, 2.75) is 52.7 Å². The van der Waals surface area contributed by atoms with E-state index >= 15 is 0 Å². The van der Waals surface area contributed by atoms with Gasteiger partial charge in [0, 0.05) is 12.7 Å². The number of para-hydroxylation sites is 1. The molecule has 1 aliphatic heterocycles. The number of carbonyl (C=O) groups is 1. The quantitative estimate of drug-likeness (QED) is 0.583. The van der Waals surface area contributed by atoms with Crippen LogP contribution in [0.25, 0.3) is 5.69 Å². The zero-order valence-corrected chi connectivity index (χ0v) is 18.5. The number of hydrogen-bond donors (Lipinski definition) is 0. The van der Waals surface area contributed by atoms with E-state index < -0.39 is 5.79 Å². The Kier molecular flexibility index (Phi) is 5.93. The third kappa shape index (κ3) is 4.70. The number of aryl methyl sites for hydroxylation is 2. The summed E-state index contributed by atoms with van der Waals surface area (Å²) in [5, 5.41) is 8.91. The highest BCUT2D eigenvalue weighted by Crippen LogP contribution is 2.24. The smallest absolute Gasteiger partial charge is 0.272 e. The average molecular weight is 424 g/mol. The summed E-state index contributed by atoms with van der Waals surface area (Å²) < 4.78 is 15.3. The van der Waals surface area contributed by atoms with Gasteiger partial charge < -0.3 is 14.4 Å². The molecule has 4 rings (SSSR count). The summed E-state index contributed by atoms with van der Waals surface area (Å²) >= 11 is 0. The van der Waals surface area contributed by atoms with E-state index in [0.29, 0.717) is 31.9 Å². The van der Waals surface area contributed by atoms with E-state index in [1.54, 1.807) is 15.8 Å². The molecule has 0 unspecified atom stereocenters. The molecule has 3 heterocycles. The fourth-order valence-electron chi connectivity index (χ4n) is 3.89. The monoisotopic (exact) mass is 423 g/mol. The largest absolute Gasteiger partial charge is 0.348 e. The molecule has 1 aliphatic rings. The predicted octanol–water partition coefficient (Wildman–Crippen LogP) is 3.19. The Hall–Kier alpha value is -2.97. The molecule has 0 radical (unpaired) electrons. The second-order valence-electron chi connectivity index (χ2n) is 8.19. The Balaban J connectivity index is 1.63. The molecule has 3 aromatic rings. The second-order valence-corrected chi connectivity index (χ2v) is 8.19. The van der Waals surface area contributed by atoms with E-state index in [9.17, 15) is 4.79 Å². The molecule has 2 aromatic heterocycles. The van der Waals surface area contributed by atoms with Crippen molar-refractivity contribution in [3.8, 4) is 5.69 Å². The first kappa shape index (κ1) is 21.3. The number of hydrogen-bond acceptors (Lipinski definition) is 5. The molecule has 0 bridgehead atoms. The first-order valence-electron chi connectivity index (χ1n) is 10.6. The van der Waals surface area contributed by atoms with E-state index in [-0.39, 0.29) is 12.0 Å². The number of aromatic nitrogens is 4. The van der Waals surface area contributed by atoms with Gasteiger partial charge in [0.1, 0.15) is 11.8 Å². The molecule has 8 heteroatoms. The van der Waals surface area contributed by atoms with Crippen molar-refractivity contribution in [3.05, 3.63) is 65.7 Å². The molecule has 1 amide bonds. The Bertz CT molecular complexity index is 1040. The highest BCUT2D eigenvalue weighted by Gasteiger charge is 2.35. The van der Waals surface area contributed by atoms with Crippen LogP contribution in [0.3, 0.4) is 0 Å². The first-order valence-corrected chi connectivity index (χ1v) is 10.6. The maximum Gasteiger partial charge on any atom is 0.272 e. The van der Waals surface area contributed by atoms with Gasteiger partial charge in [-0.15, -0.1) is 0 Å². The van der Waals surface area contributed by atoms with Crippen LogP contribution in [0.4, 0.5) is 0 Å². The number of nitrogens with zero attached hydrogens (tertiary/aromatic N) is 5. The highest BCUT2D eigenvalue weighted by atomic mass is 16.7. The number of benzene rings is 1. The minimum absolute atomic E-state index is 0.0865. The fraction of sp³-hybridized carbons (Fsp3) is 0.435. The van der Waals surface area contributed by atoms with E-state index in [1.807, 2.05) is 74.8 Å². The minimum Gasteiger partial charge on any atom is -0.348 e. The molecule has 1 aromatic carbocycles. The van der Waals surface area contributed by atoms with Gasteiger partial charge in [0.15, 0.2) is 5.79 Å². The second kappa shape index (κ2) is 8.64. The van der Waals surface area contributed by atoms with Crippen LogP contribution < -0.4 is 0 Å². The molecule has 1 atom stereocenters. The standard InChI is InChI=1S/C23H29N5O3/c1-5-27-21(13-17(2)25-27)22(29)26(15-20-16-30-23(3,4)31-20)14-19-11-12-24-28(19)18-9-7-6-8-10-18/h6-13,20H,5,14-16H2,1-4H3/t20-/m1/s1. The van der Waals surface area contributed by atoms with E-state index in [4.69, 9.17) is 9.47 Å². The molecule has 0 N–H and O–H groups in total. The van der Waals surface area contributed by atoms with Gasteiger partial charge in [-0.05, 0) is 52.0 Å². The third-order valence-corrected chi connectivity index (χ3v) is 5.27. The lowest BCUT2D eigenvalue weighted by molar-refractivity contribution is -0.139. The topological polar surface area (TPSA) is 74.4 Å². The van der Waals surface area contributed by atoms with Gasteiger partial charge in [0.05, 0.1) is 36.8 Å². The lowest BCUT2D eigenvalue weighted by atomic mass is 10.2. The van der Waals surface area contributed by atoms with Crippen LogP contribution >= 0.6 is 0 Å². The predicted molar refractivity (Wildman–Crippen MR) is 116 cm³/mol. The molecule has 0 spiro atoms. The van der Waals surface area contributed by atoms with E-state index in [0.717, 1.165) is 17.1 Å². The fourth-order valence-corrected chi connectivity index (χ4v) is 3.89. The molecule has 0 aliphatic carbocycles. The summed E-state index contributed by atoms with van der Waals surface area (Å²) in [4.78, 5) is 15.4. The molecule has 1 saturated heterocycles. The zero-order valence-electron chi connectivity index (χ0n) is 18.5. The summed E-state index contributed by atoms with van der Waals surface area (Å²) in [7, 11) is 0. The van der Waals surface area contributed by atoms with Crippen LogP contribution in [-0.4, -0.2) is 55.4 Å². The van der Waals surface area contributed by atoms with Crippen molar-refractivity contribution < 1.29 is 14.3 Å². The number of carbonyl (C=O) groups excluding carboxylic acids is 1. The molecule has 8 nitrogen and oxygen atoms in total. The number of amides is 1. The summed E-state index contributed by atoms with van der Waals surface area (Å²) in [5.41, 5.74) is 3.26. The van der Waals surface area contributed by atoms with Crippen molar-refractivity contribution in [1.82, 2.24) is 24.5 Å². The minimum atomic E-state index is -0.646. The van der Waals surface area contributed by atoms with Gasteiger partial charge in [0.25, 0.3) is 5.91 Å². The lowest BCUT2D eigenvalue weighted by Crippen LogP contribution is -2.40. The summed E-state index contributed by atoms with van der Waals surface area (Å²) in [6, 6.07) is 13.7. The van der Waals surface area contributed by atoms with Gasteiger partial charge in [-0.1, -0.05) is 18.2 Å². The summed E-state index contributed by atoms with van der Waals surface area (Å²) in [6.45, 7) is 9.53. The summed E-state index contributed by atoms with van der Waals surface area (Å²) in [6.07, 6.45) is 1.55. The van der Waals surface area contributed by atoms with Crippen LogP contribution in [0.5, 0.6) is 0 Å². The van der Waals surface area contributed by atoms with Gasteiger partial charge in [-0.2, -0.15) is 10.2 Å². The maximum absolute atomic E-state index is 13.6. The number of rotatable bonds is 7. The van der Waals surface area contributed by atoms with Gasteiger partial charge >= 0.3 is 0 Å². The SMILES string of the molecule is CCn1nc(C)cc1C(=O)N(Cc1ccnn1-c1ccccc1)C[C@@H]1COC(C)(C)O1. The van der Waals surface area contributed by atoms with Crippen LogP contribution in [-0.2, 0) is 22.6 Å². The third-order valence-electron chi connectivity index (χ3n) is 5.27. The van der Waals surface area contributed by atoms with Crippen molar-refractivity contribution in [1.29, 1.82) is 0 Å². The molecule has 164 valence electrons. The Morgan fingerprint density at radius 1 is 1.26 bits per heavy atom. The molecular weight excluding hydrogens is 394 g/mol. The van der Waals surface area contributed by atoms with E-state index in [1.165, 1.54) is 0 Å². The molecule has 1 fully saturated rings. The number of ether oxygens (including phenoxy) is 2. The van der Waals surface area contributed by atoms with Gasteiger partial charge in [-0.3, -0.25) is 9.48 Å². The van der Waals surface area contributed by atoms with Crippen LogP contribution in [0.15, 0.2) is 48.7 Å². The highest BCUT2D eigenvalue weighted by molar-refractivity contribution is 5.92. The van der Waals surface area contributed by atoms with Gasteiger partial charge in [-0.25, -0.2) is 4.68 Å². The Labute approximate surface area is 182 Å². The van der Waals surface area contributed by atoms with Crippen molar-refractivity contribution in [3.63, 3.8) is 0 Å². The normalized spacial score (nSPS) is 17.7. The van der Waals surface area contributed by atoms with Crippen molar-refractivity contribution in [2.75, 3.05) is 13.2 Å². The molecular formula is C23H29N5O3. The molecule has 0 saturated carbocycles. The van der Waals surface area contributed by atoms with Gasteiger partial charge in [0.2, 0.25) is 0 Å². The van der Waals surface area contributed by atoms with E-state index in [2.05, 4.69) is 10.2 Å². The molecule has 31 heavy (non-hydrogen) atoms. The Morgan fingerprint density at radius 3 is 2.71 bits per heavy atom. The van der Waals surface area contributed by atoms with Crippen LogP contribution in [0.1, 0.15) is 42.6 Å². The average Bonchev–Trinajstić information content (AvgIpc) is 3.45. The van der Waals surface area contributed by atoms with Crippen molar-refractivity contribution >= 4 is 5.91 Å².